The van der Waals surface area contributed by atoms with E-state index in [-0.39, 0.29) is 17.7 Å². The van der Waals surface area contributed by atoms with Crippen molar-refractivity contribution in [3.8, 4) is 5.75 Å². The summed E-state index contributed by atoms with van der Waals surface area (Å²) in [5.41, 5.74) is 3.49. The van der Waals surface area contributed by atoms with Gasteiger partial charge in [-0.1, -0.05) is 109 Å². The lowest BCUT2D eigenvalue weighted by Gasteiger charge is -2.52. The minimum Gasteiger partial charge on any atom is -0.484 e. The van der Waals surface area contributed by atoms with Crippen LogP contribution in [0.15, 0.2) is 127 Å². The molecule has 5 nitrogen and oxygen atoms in total. The molecule has 5 aromatic rings. The third-order valence-electron chi connectivity index (χ3n) is 10.6. The number of carbonyl (C=O) groups excluding carboxylic acids is 2. The van der Waals surface area contributed by atoms with Crippen molar-refractivity contribution in [1.82, 2.24) is 4.90 Å². The van der Waals surface area contributed by atoms with Gasteiger partial charge in [-0.05, 0) is 59.0 Å². The van der Waals surface area contributed by atoms with Gasteiger partial charge in [-0.15, -0.1) is 0 Å². The van der Waals surface area contributed by atoms with Gasteiger partial charge < -0.3 is 10.1 Å². The summed E-state index contributed by atoms with van der Waals surface area (Å²) in [5, 5.41) is 3.86. The molecule has 4 aliphatic rings. The Balaban J connectivity index is 1.46. The molecule has 1 N–H and O–H groups in total. The Morgan fingerprint density at radius 3 is 2.24 bits per heavy atom. The molecule has 5 atom stereocenters. The molecule has 6 heteroatoms. The summed E-state index contributed by atoms with van der Waals surface area (Å²) < 4.78 is 7.08. The minimum atomic E-state index is -1.39. The second kappa shape index (κ2) is 9.64. The number of anilines is 1. The Morgan fingerprint density at radius 1 is 0.733 bits per heavy atom. The fraction of sp³-hybridized carbons (Fsp3) is 0.179. The fourth-order valence-electron chi connectivity index (χ4n) is 9.01. The van der Waals surface area contributed by atoms with Crippen molar-refractivity contribution in [2.24, 2.45) is 5.41 Å². The number of nitrogens with zero attached hydrogens (tertiary/aromatic N) is 1. The molecule has 4 aliphatic heterocycles. The maximum atomic E-state index is 15.9. The highest BCUT2D eigenvalue weighted by Gasteiger charge is 2.81. The predicted octanol–water partition coefficient (Wildman–Crippen LogP) is 7.71. The Kier molecular flexibility index (Phi) is 5.72. The minimum absolute atomic E-state index is 0.0801. The summed E-state index contributed by atoms with van der Waals surface area (Å²) in [4.78, 5) is 33.4. The van der Waals surface area contributed by atoms with Crippen molar-refractivity contribution in [3.63, 3.8) is 0 Å². The number of ether oxygens (including phenoxy) is 1. The van der Waals surface area contributed by atoms with E-state index in [9.17, 15) is 0 Å². The van der Waals surface area contributed by atoms with E-state index in [2.05, 4.69) is 34.5 Å². The molecule has 1 saturated heterocycles. The Hall–Kier alpha value is -4.71. The van der Waals surface area contributed by atoms with Gasteiger partial charge in [-0.25, -0.2) is 0 Å². The van der Waals surface area contributed by atoms with Crippen LogP contribution in [0.4, 0.5) is 5.69 Å². The molecule has 45 heavy (non-hydrogen) atoms. The summed E-state index contributed by atoms with van der Waals surface area (Å²) in [6.07, 6.45) is -0.0915. The van der Waals surface area contributed by atoms with Gasteiger partial charge in [0, 0.05) is 34.8 Å². The van der Waals surface area contributed by atoms with Crippen LogP contribution < -0.4 is 10.1 Å². The van der Waals surface area contributed by atoms with Gasteiger partial charge >= 0.3 is 0 Å². The van der Waals surface area contributed by atoms with E-state index >= 15 is 9.59 Å². The number of benzene rings is 5. The summed E-state index contributed by atoms with van der Waals surface area (Å²) in [7, 11) is 0. The molecule has 1 amide bonds. The largest absolute Gasteiger partial charge is 0.484 e. The van der Waals surface area contributed by atoms with Crippen LogP contribution in [-0.2, 0) is 23.3 Å². The monoisotopic (exact) mass is 608 g/mol. The van der Waals surface area contributed by atoms with Gasteiger partial charge in [0.15, 0.2) is 5.78 Å². The number of para-hydroxylation sites is 2. The van der Waals surface area contributed by atoms with Crippen LogP contribution in [0, 0.1) is 5.41 Å². The Labute approximate surface area is 266 Å². The van der Waals surface area contributed by atoms with Crippen molar-refractivity contribution in [2.45, 2.75) is 36.6 Å². The lowest BCUT2D eigenvalue weighted by molar-refractivity contribution is -0.138. The molecule has 220 valence electrons. The predicted molar refractivity (Wildman–Crippen MR) is 173 cm³/mol. The highest BCUT2D eigenvalue weighted by atomic mass is 35.5. The van der Waals surface area contributed by atoms with E-state index in [1.165, 1.54) is 5.56 Å². The number of hydrogen-bond donors (Lipinski definition) is 1. The van der Waals surface area contributed by atoms with E-state index < -0.39 is 23.0 Å². The summed E-state index contributed by atoms with van der Waals surface area (Å²) in [6.45, 7) is 0.519. The fourth-order valence-corrected chi connectivity index (χ4v) is 9.13. The SMILES string of the molecule is O=C1c2ccccc2OC(c2ccccc2)[C@]12[C@@H](c1ccc(Cl)cc1)[C@@H]1Cc3ccccc3CN1[C@@]21C(=O)Nc2ccccc21. The number of ketones is 1. The molecule has 0 bridgehead atoms. The molecule has 2 spiro atoms. The zero-order valence-electron chi connectivity index (χ0n) is 24.3. The lowest BCUT2D eigenvalue weighted by atomic mass is 9.52. The normalized spacial score (nSPS) is 27.8. The second-order valence-electron chi connectivity index (χ2n) is 12.5. The molecule has 0 aliphatic carbocycles. The van der Waals surface area contributed by atoms with Crippen LogP contribution in [0.2, 0.25) is 5.02 Å². The van der Waals surface area contributed by atoms with Crippen LogP contribution in [0.25, 0.3) is 0 Å². The molecule has 1 unspecified atom stereocenters. The number of hydrogen-bond acceptors (Lipinski definition) is 4. The first-order valence-electron chi connectivity index (χ1n) is 15.4. The standard InChI is InChI=1S/C39H29ClN2O3/c40-28-20-18-24(19-21-28)34-32-22-26-12-4-5-13-27(26)23-42(32)39(30-15-7-8-16-31(30)41-37(39)44)38(34)35(43)29-14-6-9-17-33(29)45-36(38)25-10-2-1-3-11-25/h1-21,32,34,36H,22-23H2,(H,41,44)/t32-,34-,36?,38-,39-/m0/s1. The molecular weight excluding hydrogens is 580 g/mol. The molecule has 0 saturated carbocycles. The van der Waals surface area contributed by atoms with Crippen LogP contribution >= 0.6 is 11.6 Å². The van der Waals surface area contributed by atoms with Gasteiger partial charge in [0.1, 0.15) is 22.8 Å². The zero-order valence-corrected chi connectivity index (χ0v) is 25.1. The molecule has 9 rings (SSSR count). The number of halogens is 1. The third-order valence-corrected chi connectivity index (χ3v) is 10.8. The average molecular weight is 609 g/mol. The first kappa shape index (κ1) is 26.7. The summed E-state index contributed by atoms with van der Waals surface area (Å²) in [6, 6.07) is 41.4. The third kappa shape index (κ3) is 3.37. The molecule has 4 heterocycles. The number of carbonyl (C=O) groups is 2. The Morgan fingerprint density at radius 2 is 1.42 bits per heavy atom. The highest BCUT2D eigenvalue weighted by Crippen LogP contribution is 2.73. The first-order valence-corrected chi connectivity index (χ1v) is 15.8. The molecule has 5 aromatic carbocycles. The van der Waals surface area contributed by atoms with E-state index in [1.807, 2.05) is 103 Å². The van der Waals surface area contributed by atoms with Gasteiger partial charge in [0.2, 0.25) is 0 Å². The van der Waals surface area contributed by atoms with E-state index in [4.69, 9.17) is 16.3 Å². The molecular formula is C39H29ClN2O3. The quantitative estimate of drug-likeness (QED) is 0.223. The van der Waals surface area contributed by atoms with Crippen molar-refractivity contribution in [3.05, 3.63) is 166 Å². The molecule has 0 radical (unpaired) electrons. The number of rotatable bonds is 2. The maximum absolute atomic E-state index is 15.9. The van der Waals surface area contributed by atoms with Gasteiger partial charge in [-0.3, -0.25) is 14.5 Å². The van der Waals surface area contributed by atoms with Crippen LogP contribution in [0.1, 0.15) is 50.2 Å². The smallest absolute Gasteiger partial charge is 0.250 e. The molecule has 0 aromatic heterocycles. The summed E-state index contributed by atoms with van der Waals surface area (Å²) >= 11 is 6.46. The van der Waals surface area contributed by atoms with Crippen molar-refractivity contribution >= 4 is 29.0 Å². The molecule has 1 fully saturated rings. The van der Waals surface area contributed by atoms with Crippen LogP contribution in [0.5, 0.6) is 5.75 Å². The van der Waals surface area contributed by atoms with Gasteiger partial charge in [0.05, 0.1) is 5.56 Å². The van der Waals surface area contributed by atoms with Gasteiger partial charge in [0.25, 0.3) is 5.91 Å². The number of nitrogens with one attached hydrogen (secondary N) is 1. The van der Waals surface area contributed by atoms with Crippen molar-refractivity contribution in [1.29, 1.82) is 0 Å². The van der Waals surface area contributed by atoms with Gasteiger partial charge in [-0.2, -0.15) is 0 Å². The number of amides is 1. The highest BCUT2D eigenvalue weighted by molar-refractivity contribution is 6.30. The first-order chi connectivity index (χ1) is 22.0. The van der Waals surface area contributed by atoms with Crippen LogP contribution in [-0.4, -0.2) is 22.6 Å². The van der Waals surface area contributed by atoms with Crippen molar-refractivity contribution in [2.75, 3.05) is 5.32 Å². The number of Topliss-reactive ketones (excluding diaryl/α,β-unsaturated/α-hetero) is 1. The van der Waals surface area contributed by atoms with E-state index in [0.29, 0.717) is 29.3 Å². The lowest BCUT2D eigenvalue weighted by Crippen LogP contribution is -2.64. The second-order valence-corrected chi connectivity index (χ2v) is 12.9. The Bertz CT molecular complexity index is 2010. The van der Waals surface area contributed by atoms with E-state index in [1.54, 1.807) is 0 Å². The number of fused-ring (bicyclic) bond motifs is 7. The average Bonchev–Trinajstić information content (AvgIpc) is 3.52. The van der Waals surface area contributed by atoms with E-state index in [0.717, 1.165) is 27.9 Å². The maximum Gasteiger partial charge on any atom is 0.250 e. The zero-order chi connectivity index (χ0) is 30.3. The summed E-state index contributed by atoms with van der Waals surface area (Å²) in [5.74, 6) is -0.164. The topological polar surface area (TPSA) is 58.6 Å². The van der Waals surface area contributed by atoms with Crippen LogP contribution in [0.3, 0.4) is 0 Å². The van der Waals surface area contributed by atoms with Crippen molar-refractivity contribution < 1.29 is 14.3 Å².